The first-order chi connectivity index (χ1) is 6.53. The Balaban J connectivity index is 2.80. The molecule has 0 radical (unpaired) electrons. The summed E-state index contributed by atoms with van der Waals surface area (Å²) in [7, 11) is -1.67. The molecule has 0 aliphatic heterocycles. The zero-order chi connectivity index (χ0) is 10.6. The summed E-state index contributed by atoms with van der Waals surface area (Å²) in [5.41, 5.74) is 0.831. The van der Waals surface area contributed by atoms with Gasteiger partial charge in [0.05, 0.1) is 6.07 Å². The highest BCUT2D eigenvalue weighted by Gasteiger charge is 2.21. The van der Waals surface area contributed by atoms with Gasteiger partial charge in [0.25, 0.3) is 0 Å². The van der Waals surface area contributed by atoms with Crippen LogP contribution in [0.3, 0.4) is 0 Å². The Labute approximate surface area is 85.5 Å². The van der Waals surface area contributed by atoms with E-state index in [9.17, 15) is 0 Å². The number of aromatic nitrogens is 1. The molecule has 0 unspecified atom stereocenters. The van der Waals surface area contributed by atoms with Crippen molar-refractivity contribution < 1.29 is 4.43 Å². The van der Waals surface area contributed by atoms with Crippen molar-refractivity contribution in [3.05, 3.63) is 30.1 Å². The minimum Gasteiger partial charge on any atom is -0.399 e. The molecule has 1 rings (SSSR count). The lowest BCUT2D eigenvalue weighted by Gasteiger charge is -2.21. The monoisotopic (exact) mass is 206 g/mol. The Kier molecular flexibility index (Phi) is 3.39. The van der Waals surface area contributed by atoms with Crippen molar-refractivity contribution in [2.24, 2.45) is 0 Å². The molecule has 0 aliphatic carbocycles. The van der Waals surface area contributed by atoms with E-state index >= 15 is 0 Å². The molecule has 1 atom stereocenters. The molecular weight excluding hydrogens is 192 g/mol. The van der Waals surface area contributed by atoms with E-state index in [1.165, 1.54) is 0 Å². The molecule has 0 bridgehead atoms. The average molecular weight is 206 g/mol. The summed E-state index contributed by atoms with van der Waals surface area (Å²) < 4.78 is 5.71. The first-order valence-electron chi connectivity index (χ1n) is 4.50. The second-order valence-corrected chi connectivity index (χ2v) is 8.49. The van der Waals surface area contributed by atoms with Crippen molar-refractivity contribution in [1.82, 2.24) is 4.98 Å². The highest BCUT2D eigenvalue weighted by molar-refractivity contribution is 6.69. The molecular formula is C10H14N2OSi. The van der Waals surface area contributed by atoms with E-state index in [1.54, 1.807) is 12.4 Å². The van der Waals surface area contributed by atoms with Crippen LogP contribution in [-0.2, 0) is 4.43 Å². The maximum Gasteiger partial charge on any atom is 0.186 e. The summed E-state index contributed by atoms with van der Waals surface area (Å²) in [6, 6.07) is 5.82. The number of rotatable bonds is 3. The van der Waals surface area contributed by atoms with Gasteiger partial charge in [-0.25, -0.2) is 0 Å². The van der Waals surface area contributed by atoms with Gasteiger partial charge < -0.3 is 4.43 Å². The third-order valence-corrected chi connectivity index (χ3v) is 2.52. The number of hydrogen-bond acceptors (Lipinski definition) is 3. The molecule has 0 saturated heterocycles. The molecule has 0 N–H and O–H groups in total. The largest absolute Gasteiger partial charge is 0.399 e. The third-order valence-electron chi connectivity index (χ3n) is 1.58. The molecule has 4 heteroatoms. The van der Waals surface area contributed by atoms with E-state index in [0.29, 0.717) is 0 Å². The van der Waals surface area contributed by atoms with Gasteiger partial charge in [0, 0.05) is 18.0 Å². The first kappa shape index (κ1) is 10.9. The minimum atomic E-state index is -1.67. The maximum atomic E-state index is 8.96. The van der Waals surface area contributed by atoms with Crippen LogP contribution in [0.1, 0.15) is 11.7 Å². The summed E-state index contributed by atoms with van der Waals surface area (Å²) in [6.45, 7) is 6.19. The highest BCUT2D eigenvalue weighted by Crippen LogP contribution is 2.20. The predicted octanol–water partition coefficient (Wildman–Crippen LogP) is 2.50. The molecule has 3 nitrogen and oxygen atoms in total. The van der Waals surface area contributed by atoms with Gasteiger partial charge in [-0.15, -0.1) is 0 Å². The van der Waals surface area contributed by atoms with Crippen molar-refractivity contribution in [2.75, 3.05) is 0 Å². The fraction of sp³-hybridized carbons (Fsp3) is 0.400. The molecule has 0 fully saturated rings. The number of nitriles is 1. The van der Waals surface area contributed by atoms with Crippen LogP contribution >= 0.6 is 0 Å². The first-order valence-corrected chi connectivity index (χ1v) is 7.91. The van der Waals surface area contributed by atoms with Gasteiger partial charge >= 0.3 is 0 Å². The van der Waals surface area contributed by atoms with Gasteiger partial charge in [0.2, 0.25) is 0 Å². The van der Waals surface area contributed by atoms with E-state index in [0.717, 1.165) is 5.56 Å². The Morgan fingerprint density at radius 1 is 1.50 bits per heavy atom. The van der Waals surface area contributed by atoms with Gasteiger partial charge in [0.1, 0.15) is 0 Å². The van der Waals surface area contributed by atoms with Crippen LogP contribution < -0.4 is 0 Å². The van der Waals surface area contributed by atoms with Gasteiger partial charge in [0.15, 0.2) is 14.4 Å². The van der Waals surface area contributed by atoms with Crippen LogP contribution in [0.4, 0.5) is 0 Å². The van der Waals surface area contributed by atoms with E-state index < -0.39 is 14.4 Å². The zero-order valence-electron chi connectivity index (χ0n) is 8.69. The highest BCUT2D eigenvalue weighted by atomic mass is 28.4. The number of pyridine rings is 1. The third kappa shape index (κ3) is 3.28. The number of hydrogen-bond donors (Lipinski definition) is 0. The molecule has 1 aromatic heterocycles. The zero-order valence-corrected chi connectivity index (χ0v) is 9.69. The van der Waals surface area contributed by atoms with Gasteiger partial charge in [-0.05, 0) is 25.7 Å². The summed E-state index contributed by atoms with van der Waals surface area (Å²) >= 11 is 0. The van der Waals surface area contributed by atoms with Crippen molar-refractivity contribution in [3.63, 3.8) is 0 Å². The second kappa shape index (κ2) is 4.36. The molecule has 0 amide bonds. The van der Waals surface area contributed by atoms with Gasteiger partial charge in [-0.3, -0.25) is 4.98 Å². The standard InChI is InChI=1S/C10H14N2OSi/c1-14(2,3)13-10(7-11)9-5-4-6-12-8-9/h4-6,8,10H,1-3H3/t10-/m0/s1. The quantitative estimate of drug-likeness (QED) is 0.714. The van der Waals surface area contributed by atoms with Crippen LogP contribution in [-0.4, -0.2) is 13.3 Å². The van der Waals surface area contributed by atoms with E-state index in [4.69, 9.17) is 9.69 Å². The van der Waals surface area contributed by atoms with Crippen LogP contribution in [0.25, 0.3) is 0 Å². The number of nitrogens with zero attached hydrogens (tertiary/aromatic N) is 2. The fourth-order valence-corrected chi connectivity index (χ4v) is 1.95. The molecule has 0 spiro atoms. The summed E-state index contributed by atoms with van der Waals surface area (Å²) in [4.78, 5) is 3.97. The smallest absolute Gasteiger partial charge is 0.186 e. The van der Waals surface area contributed by atoms with Crippen molar-refractivity contribution in [3.8, 4) is 6.07 Å². The lowest BCUT2D eigenvalue weighted by atomic mass is 10.2. The van der Waals surface area contributed by atoms with Crippen molar-refractivity contribution >= 4 is 8.32 Å². The Morgan fingerprint density at radius 2 is 2.21 bits per heavy atom. The molecule has 1 aromatic rings. The van der Waals surface area contributed by atoms with E-state index in [2.05, 4.69) is 30.7 Å². The van der Waals surface area contributed by atoms with Crippen molar-refractivity contribution in [2.45, 2.75) is 25.7 Å². The summed E-state index contributed by atoms with van der Waals surface area (Å²) in [5.74, 6) is 0. The molecule has 0 aliphatic rings. The Bertz CT molecular complexity index is 326. The summed E-state index contributed by atoms with van der Waals surface area (Å²) in [5, 5.41) is 8.96. The van der Waals surface area contributed by atoms with Gasteiger partial charge in [-0.1, -0.05) is 6.07 Å². The van der Waals surface area contributed by atoms with Crippen LogP contribution in [0, 0.1) is 11.3 Å². The normalized spacial score (nSPS) is 13.3. The summed E-state index contributed by atoms with van der Waals surface area (Å²) in [6.07, 6.45) is 2.89. The van der Waals surface area contributed by atoms with Crippen LogP contribution in [0.2, 0.25) is 19.6 Å². The molecule has 14 heavy (non-hydrogen) atoms. The van der Waals surface area contributed by atoms with Crippen LogP contribution in [0.15, 0.2) is 24.5 Å². The lowest BCUT2D eigenvalue weighted by Crippen LogP contribution is -2.27. The molecule has 0 saturated carbocycles. The SMILES string of the molecule is C[Si](C)(C)O[C@@H](C#N)c1cccnc1. The Morgan fingerprint density at radius 3 is 2.64 bits per heavy atom. The minimum absolute atomic E-state index is 0.477. The predicted molar refractivity (Wildman–Crippen MR) is 57.0 cm³/mol. The average Bonchev–Trinajstić information content (AvgIpc) is 2.14. The topological polar surface area (TPSA) is 45.9 Å². The second-order valence-electron chi connectivity index (χ2n) is 4.03. The maximum absolute atomic E-state index is 8.96. The van der Waals surface area contributed by atoms with E-state index in [-0.39, 0.29) is 0 Å². The Hall–Kier alpha value is -1.18. The molecule has 74 valence electrons. The van der Waals surface area contributed by atoms with Crippen molar-refractivity contribution in [1.29, 1.82) is 5.26 Å². The molecule has 1 heterocycles. The van der Waals surface area contributed by atoms with Crippen LogP contribution in [0.5, 0.6) is 0 Å². The fourth-order valence-electron chi connectivity index (χ4n) is 1.05. The lowest BCUT2D eigenvalue weighted by molar-refractivity contribution is 0.254. The van der Waals surface area contributed by atoms with E-state index in [1.807, 2.05) is 12.1 Å². The molecule has 0 aromatic carbocycles. The van der Waals surface area contributed by atoms with Gasteiger partial charge in [-0.2, -0.15) is 5.26 Å².